The Kier molecular flexibility index (Phi) is 6.29. The van der Waals surface area contributed by atoms with E-state index >= 15 is 0 Å². The smallest absolute Gasteiger partial charge is 0.272 e. The second-order valence-electron chi connectivity index (χ2n) is 9.00. The van der Waals surface area contributed by atoms with Crippen molar-refractivity contribution in [2.75, 3.05) is 32.5 Å². The number of nitrogens with zero attached hydrogens (tertiary/aromatic N) is 4. The minimum atomic E-state index is -0.0896. The van der Waals surface area contributed by atoms with Crippen molar-refractivity contribution in [3.05, 3.63) is 60.0 Å². The van der Waals surface area contributed by atoms with E-state index in [9.17, 15) is 4.79 Å². The number of aromatic nitrogens is 3. The van der Waals surface area contributed by atoms with E-state index in [1.54, 1.807) is 25.4 Å². The summed E-state index contributed by atoms with van der Waals surface area (Å²) in [5, 5.41) is 8.15. The molecule has 2 fully saturated rings. The third kappa shape index (κ3) is 4.95. The number of methoxy groups -OCH3 is 1. The van der Waals surface area contributed by atoms with Gasteiger partial charge in [0.15, 0.2) is 0 Å². The Morgan fingerprint density at radius 2 is 1.91 bits per heavy atom. The van der Waals surface area contributed by atoms with Crippen LogP contribution < -0.4 is 15.2 Å². The van der Waals surface area contributed by atoms with Crippen LogP contribution >= 0.6 is 0 Å². The zero-order chi connectivity index (χ0) is 23.5. The number of hydrogen-bond donors (Lipinski definition) is 1. The molecular weight excluding hydrogens is 430 g/mol. The summed E-state index contributed by atoms with van der Waals surface area (Å²) in [4.78, 5) is 19.5. The Balaban J connectivity index is 1.27. The Bertz CT molecular complexity index is 1160. The Hall–Kier alpha value is -3.68. The van der Waals surface area contributed by atoms with E-state index in [2.05, 4.69) is 15.2 Å². The third-order valence-corrected chi connectivity index (χ3v) is 6.54. The number of benzene rings is 1. The number of ether oxygens (including phenoxy) is 2. The summed E-state index contributed by atoms with van der Waals surface area (Å²) in [6, 6.07) is 13.3. The van der Waals surface area contributed by atoms with Crippen molar-refractivity contribution in [3.63, 3.8) is 0 Å². The van der Waals surface area contributed by atoms with E-state index in [-0.39, 0.29) is 11.8 Å². The van der Waals surface area contributed by atoms with Gasteiger partial charge in [-0.25, -0.2) is 0 Å². The largest absolute Gasteiger partial charge is 0.496 e. The first-order valence-electron chi connectivity index (χ1n) is 11.8. The van der Waals surface area contributed by atoms with Crippen LogP contribution in [0.25, 0.3) is 11.1 Å². The molecule has 1 saturated carbocycles. The van der Waals surface area contributed by atoms with Gasteiger partial charge in [-0.15, -0.1) is 5.10 Å². The Labute approximate surface area is 199 Å². The highest BCUT2D eigenvalue weighted by molar-refractivity contribution is 5.93. The van der Waals surface area contributed by atoms with E-state index in [0.29, 0.717) is 36.3 Å². The average Bonchev–Trinajstić information content (AvgIpc) is 3.72. The van der Waals surface area contributed by atoms with Crippen LogP contribution in [0, 0.1) is 5.92 Å². The molecule has 3 heterocycles. The van der Waals surface area contributed by atoms with Crippen LogP contribution in [-0.2, 0) is 0 Å². The number of anilines is 1. The van der Waals surface area contributed by atoms with Gasteiger partial charge in [0.1, 0.15) is 23.0 Å². The molecule has 0 unspecified atom stereocenters. The molecule has 5 rings (SSSR count). The third-order valence-electron chi connectivity index (χ3n) is 6.54. The van der Waals surface area contributed by atoms with Crippen molar-refractivity contribution in [2.45, 2.75) is 31.6 Å². The fraction of sp³-hybridized carbons (Fsp3) is 0.385. The highest BCUT2D eigenvalue weighted by Crippen LogP contribution is 2.34. The Morgan fingerprint density at radius 1 is 1.09 bits per heavy atom. The van der Waals surface area contributed by atoms with Crippen LogP contribution in [0.15, 0.2) is 48.7 Å². The summed E-state index contributed by atoms with van der Waals surface area (Å²) in [7, 11) is 1.61. The average molecular weight is 460 g/mol. The summed E-state index contributed by atoms with van der Waals surface area (Å²) < 4.78 is 11.6. The summed E-state index contributed by atoms with van der Waals surface area (Å²) in [5.41, 5.74) is 8.72. The molecule has 2 aromatic heterocycles. The van der Waals surface area contributed by atoms with Gasteiger partial charge in [0, 0.05) is 36.8 Å². The molecule has 3 aromatic rings. The number of pyridine rings is 1. The summed E-state index contributed by atoms with van der Waals surface area (Å²) in [5.74, 6) is 2.74. The first-order chi connectivity index (χ1) is 16.6. The summed E-state index contributed by atoms with van der Waals surface area (Å²) >= 11 is 0. The molecule has 8 heteroatoms. The Morgan fingerprint density at radius 3 is 2.62 bits per heavy atom. The lowest BCUT2D eigenvalue weighted by molar-refractivity contribution is 0.0705. The zero-order valence-corrected chi connectivity index (χ0v) is 19.3. The van der Waals surface area contributed by atoms with Crippen molar-refractivity contribution in [1.29, 1.82) is 0 Å². The number of carbonyl (C=O) groups excluding carboxylic acids is 1. The quantitative estimate of drug-likeness (QED) is 0.571. The number of carbonyl (C=O) groups is 1. The molecule has 0 spiro atoms. The maximum atomic E-state index is 13.2. The minimum Gasteiger partial charge on any atom is -0.496 e. The topological polar surface area (TPSA) is 103 Å². The normalized spacial score (nSPS) is 16.3. The maximum absolute atomic E-state index is 13.2. The van der Waals surface area contributed by atoms with Crippen LogP contribution in [0.3, 0.4) is 0 Å². The molecule has 0 bridgehead atoms. The minimum absolute atomic E-state index is 0.0896. The lowest BCUT2D eigenvalue weighted by Gasteiger charge is -2.31. The molecule has 2 aliphatic rings. The van der Waals surface area contributed by atoms with Crippen molar-refractivity contribution < 1.29 is 14.3 Å². The second-order valence-corrected chi connectivity index (χ2v) is 9.00. The molecule has 1 aliphatic heterocycles. The van der Waals surface area contributed by atoms with E-state index < -0.39 is 0 Å². The number of nitrogen functional groups attached to an aromatic ring is 1. The van der Waals surface area contributed by atoms with Crippen LogP contribution in [-0.4, -0.2) is 52.8 Å². The maximum Gasteiger partial charge on any atom is 0.272 e. The van der Waals surface area contributed by atoms with Crippen molar-refractivity contribution in [1.82, 2.24) is 20.1 Å². The number of rotatable bonds is 7. The van der Waals surface area contributed by atoms with Gasteiger partial charge in [0.25, 0.3) is 5.91 Å². The monoisotopic (exact) mass is 459 g/mol. The van der Waals surface area contributed by atoms with Gasteiger partial charge in [0.2, 0.25) is 0 Å². The number of nitrogens with two attached hydrogens (primary N) is 1. The molecule has 1 amide bonds. The van der Waals surface area contributed by atoms with Gasteiger partial charge in [0.05, 0.1) is 19.4 Å². The highest BCUT2D eigenvalue weighted by atomic mass is 16.5. The first-order valence-corrected chi connectivity index (χ1v) is 11.8. The summed E-state index contributed by atoms with van der Waals surface area (Å²) in [6.07, 6.45) is 5.86. The molecular formula is C26H29N5O3. The van der Waals surface area contributed by atoms with Crippen molar-refractivity contribution in [3.8, 4) is 22.6 Å². The molecule has 176 valence electrons. The SMILES string of the molecule is COc1cc(C(=O)N2CCC(c3ccc(N)nn3)CC2)ncc1-c1cccc(OCC2CC2)c1. The van der Waals surface area contributed by atoms with Crippen LogP contribution in [0.2, 0.25) is 0 Å². The molecule has 34 heavy (non-hydrogen) atoms. The van der Waals surface area contributed by atoms with Gasteiger partial charge in [-0.3, -0.25) is 9.78 Å². The predicted octanol–water partition coefficient (Wildman–Crippen LogP) is 3.94. The van der Waals surface area contributed by atoms with E-state index in [1.165, 1.54) is 12.8 Å². The molecule has 0 radical (unpaired) electrons. The molecule has 1 saturated heterocycles. The van der Waals surface area contributed by atoms with Crippen LogP contribution in [0.4, 0.5) is 5.82 Å². The number of likely N-dealkylation sites (tertiary alicyclic amines) is 1. The number of amides is 1. The lowest BCUT2D eigenvalue weighted by Crippen LogP contribution is -2.38. The van der Waals surface area contributed by atoms with Crippen molar-refractivity contribution in [2.24, 2.45) is 5.92 Å². The van der Waals surface area contributed by atoms with Gasteiger partial charge >= 0.3 is 0 Å². The molecule has 0 atom stereocenters. The number of hydrogen-bond acceptors (Lipinski definition) is 7. The second kappa shape index (κ2) is 9.67. The van der Waals surface area contributed by atoms with Crippen LogP contribution in [0.5, 0.6) is 11.5 Å². The molecule has 1 aliphatic carbocycles. The zero-order valence-electron chi connectivity index (χ0n) is 19.3. The fourth-order valence-corrected chi connectivity index (χ4v) is 4.30. The van der Waals surface area contributed by atoms with Gasteiger partial charge < -0.3 is 20.1 Å². The summed E-state index contributed by atoms with van der Waals surface area (Å²) in [6.45, 7) is 2.04. The molecule has 8 nitrogen and oxygen atoms in total. The lowest BCUT2D eigenvalue weighted by atomic mass is 9.93. The van der Waals surface area contributed by atoms with E-state index in [4.69, 9.17) is 15.2 Å². The van der Waals surface area contributed by atoms with E-state index in [1.807, 2.05) is 35.2 Å². The first kappa shape index (κ1) is 22.1. The molecule has 1 aromatic carbocycles. The standard InChI is InChI=1S/C26H29N5O3/c1-33-24-14-23(26(32)31-11-9-18(10-12-31)22-7-8-25(27)30-29-22)28-15-21(24)19-3-2-4-20(13-19)34-16-17-5-6-17/h2-4,7-8,13-15,17-18H,5-6,9-12,16H2,1H3,(H2,27,30). The van der Waals surface area contributed by atoms with Gasteiger partial charge in [-0.05, 0) is 61.4 Å². The number of piperidine rings is 1. The predicted molar refractivity (Wildman–Crippen MR) is 129 cm³/mol. The van der Waals surface area contributed by atoms with E-state index in [0.717, 1.165) is 42.0 Å². The fourth-order valence-electron chi connectivity index (χ4n) is 4.30. The van der Waals surface area contributed by atoms with Gasteiger partial charge in [-0.1, -0.05) is 12.1 Å². The highest BCUT2D eigenvalue weighted by Gasteiger charge is 2.27. The molecule has 2 N–H and O–H groups in total. The van der Waals surface area contributed by atoms with Crippen molar-refractivity contribution >= 4 is 11.7 Å². The van der Waals surface area contributed by atoms with Crippen LogP contribution in [0.1, 0.15) is 47.8 Å². The van der Waals surface area contributed by atoms with Gasteiger partial charge in [-0.2, -0.15) is 5.10 Å².